The van der Waals surface area contributed by atoms with Crippen LogP contribution in [0.4, 0.5) is 0 Å². The summed E-state index contributed by atoms with van der Waals surface area (Å²) < 4.78 is 0. The van der Waals surface area contributed by atoms with Crippen LogP contribution in [0.1, 0.15) is 71.1 Å². The van der Waals surface area contributed by atoms with Gasteiger partial charge in [0.1, 0.15) is 5.78 Å². The molecule has 0 aromatic carbocycles. The summed E-state index contributed by atoms with van der Waals surface area (Å²) in [5.41, 5.74) is 0. The summed E-state index contributed by atoms with van der Waals surface area (Å²) in [7, 11) is 0. The normalized spacial score (nSPS) is 19.9. The van der Waals surface area contributed by atoms with E-state index in [0.717, 1.165) is 31.6 Å². The molecule has 16 heavy (non-hydrogen) atoms. The van der Waals surface area contributed by atoms with Gasteiger partial charge in [-0.3, -0.25) is 4.79 Å². The van der Waals surface area contributed by atoms with E-state index in [2.05, 4.69) is 19.1 Å². The Kier molecular flexibility index (Phi) is 7.20. The lowest BCUT2D eigenvalue weighted by molar-refractivity contribution is -0.119. The molecule has 0 bridgehead atoms. The van der Waals surface area contributed by atoms with E-state index in [9.17, 15) is 4.79 Å². The smallest absolute Gasteiger partial charge is 0.132 e. The van der Waals surface area contributed by atoms with Crippen molar-refractivity contribution in [3.8, 4) is 0 Å². The molecule has 0 fully saturated rings. The van der Waals surface area contributed by atoms with Crippen LogP contribution in [0.15, 0.2) is 12.2 Å². The van der Waals surface area contributed by atoms with E-state index < -0.39 is 0 Å². The lowest BCUT2D eigenvalue weighted by Crippen LogP contribution is -2.06. The van der Waals surface area contributed by atoms with Gasteiger partial charge in [-0.2, -0.15) is 0 Å². The average molecular weight is 222 g/mol. The first-order chi connectivity index (χ1) is 7.83. The van der Waals surface area contributed by atoms with E-state index in [1.165, 1.54) is 38.5 Å². The fourth-order valence-corrected chi connectivity index (χ4v) is 2.36. The Morgan fingerprint density at radius 2 is 2.06 bits per heavy atom. The highest BCUT2D eigenvalue weighted by molar-refractivity contribution is 5.78. The van der Waals surface area contributed by atoms with E-state index in [1.807, 2.05) is 0 Å². The predicted octanol–water partition coefficient (Wildman–Crippen LogP) is 4.66. The third-order valence-electron chi connectivity index (χ3n) is 3.52. The molecule has 1 rings (SSSR count). The lowest BCUT2D eigenvalue weighted by Gasteiger charge is -2.16. The summed E-state index contributed by atoms with van der Waals surface area (Å²) in [5.74, 6) is 1.27. The van der Waals surface area contributed by atoms with Gasteiger partial charge in [0.2, 0.25) is 0 Å². The van der Waals surface area contributed by atoms with Crippen molar-refractivity contribution in [3.05, 3.63) is 12.2 Å². The number of hydrogen-bond donors (Lipinski definition) is 0. The molecule has 1 nitrogen and oxygen atoms in total. The Morgan fingerprint density at radius 1 is 1.19 bits per heavy atom. The largest absolute Gasteiger partial charge is 0.300 e. The van der Waals surface area contributed by atoms with Crippen LogP contribution < -0.4 is 0 Å². The summed E-state index contributed by atoms with van der Waals surface area (Å²) in [6.45, 7) is 2.21. The van der Waals surface area contributed by atoms with Crippen LogP contribution >= 0.6 is 0 Å². The van der Waals surface area contributed by atoms with Gasteiger partial charge in [-0.25, -0.2) is 0 Å². The van der Waals surface area contributed by atoms with Gasteiger partial charge >= 0.3 is 0 Å². The van der Waals surface area contributed by atoms with Gasteiger partial charge < -0.3 is 0 Å². The van der Waals surface area contributed by atoms with Crippen molar-refractivity contribution in [2.45, 2.75) is 71.1 Å². The molecule has 0 N–H and O–H groups in total. The van der Waals surface area contributed by atoms with E-state index in [4.69, 9.17) is 0 Å². The Bertz CT molecular complexity index is 217. The molecule has 1 atom stereocenters. The topological polar surface area (TPSA) is 17.1 Å². The number of rotatable bonds is 8. The second kappa shape index (κ2) is 8.55. The molecule has 1 aliphatic carbocycles. The molecule has 0 spiro atoms. The summed E-state index contributed by atoms with van der Waals surface area (Å²) in [4.78, 5) is 11.6. The van der Waals surface area contributed by atoms with Crippen molar-refractivity contribution in [1.82, 2.24) is 0 Å². The Labute approximate surface area is 100 Å². The maximum Gasteiger partial charge on any atom is 0.132 e. The van der Waals surface area contributed by atoms with Crippen LogP contribution in [-0.4, -0.2) is 5.78 Å². The van der Waals surface area contributed by atoms with Crippen molar-refractivity contribution in [3.63, 3.8) is 0 Å². The molecule has 1 unspecified atom stereocenters. The van der Waals surface area contributed by atoms with Gasteiger partial charge in [0, 0.05) is 12.8 Å². The van der Waals surface area contributed by atoms with Crippen LogP contribution in [0.3, 0.4) is 0 Å². The van der Waals surface area contributed by atoms with Gasteiger partial charge in [0.15, 0.2) is 0 Å². The first-order valence-corrected chi connectivity index (χ1v) is 6.99. The standard InChI is InChI=1S/C15H26O/c1-2-3-4-8-11-15(16)13-12-14-9-6-5-7-10-14/h5-6,14H,2-4,7-13H2,1H3. The third-order valence-corrected chi connectivity index (χ3v) is 3.52. The maximum absolute atomic E-state index is 11.6. The highest BCUT2D eigenvalue weighted by atomic mass is 16.1. The van der Waals surface area contributed by atoms with Gasteiger partial charge in [0.25, 0.3) is 0 Å². The number of hydrogen-bond acceptors (Lipinski definition) is 1. The molecule has 0 amide bonds. The van der Waals surface area contributed by atoms with Crippen LogP contribution in [0.5, 0.6) is 0 Å². The molecular weight excluding hydrogens is 196 g/mol. The first kappa shape index (κ1) is 13.5. The van der Waals surface area contributed by atoms with Crippen molar-refractivity contribution < 1.29 is 4.79 Å². The van der Waals surface area contributed by atoms with E-state index in [-0.39, 0.29) is 0 Å². The van der Waals surface area contributed by atoms with Crippen LogP contribution in [0.25, 0.3) is 0 Å². The van der Waals surface area contributed by atoms with Crippen molar-refractivity contribution in [2.75, 3.05) is 0 Å². The van der Waals surface area contributed by atoms with Crippen molar-refractivity contribution in [1.29, 1.82) is 0 Å². The number of ketones is 1. The molecule has 0 aromatic rings. The van der Waals surface area contributed by atoms with Crippen LogP contribution in [0, 0.1) is 5.92 Å². The van der Waals surface area contributed by atoms with Gasteiger partial charge in [-0.1, -0.05) is 38.3 Å². The summed E-state index contributed by atoms with van der Waals surface area (Å²) >= 11 is 0. The third kappa shape index (κ3) is 6.09. The minimum atomic E-state index is 0.491. The Morgan fingerprint density at radius 3 is 2.75 bits per heavy atom. The van der Waals surface area contributed by atoms with Gasteiger partial charge in [-0.15, -0.1) is 0 Å². The van der Waals surface area contributed by atoms with E-state index in [1.54, 1.807) is 0 Å². The molecule has 0 aromatic heterocycles. The Hall–Kier alpha value is -0.590. The fourth-order valence-electron chi connectivity index (χ4n) is 2.36. The quantitative estimate of drug-likeness (QED) is 0.431. The number of allylic oxidation sites excluding steroid dienone is 2. The second-order valence-corrected chi connectivity index (χ2v) is 5.04. The van der Waals surface area contributed by atoms with Gasteiger partial charge in [-0.05, 0) is 38.0 Å². The highest BCUT2D eigenvalue weighted by Crippen LogP contribution is 2.23. The zero-order chi connectivity index (χ0) is 11.6. The molecule has 0 saturated carbocycles. The fraction of sp³-hybridized carbons (Fsp3) is 0.800. The SMILES string of the molecule is CCCCCCC(=O)CCC1CC=CCC1. The molecular formula is C15H26O. The molecule has 92 valence electrons. The van der Waals surface area contributed by atoms with Crippen LogP contribution in [0.2, 0.25) is 0 Å². The van der Waals surface area contributed by atoms with E-state index >= 15 is 0 Å². The summed E-state index contributed by atoms with van der Waals surface area (Å²) in [6, 6.07) is 0. The van der Waals surface area contributed by atoms with Crippen molar-refractivity contribution >= 4 is 5.78 Å². The number of Topliss-reactive ketones (excluding diaryl/α,β-unsaturated/α-hetero) is 1. The average Bonchev–Trinajstić information content (AvgIpc) is 2.33. The summed E-state index contributed by atoms with van der Waals surface area (Å²) in [6.07, 6.45) is 15.9. The van der Waals surface area contributed by atoms with Crippen LogP contribution in [-0.2, 0) is 4.79 Å². The molecule has 1 aliphatic rings. The minimum absolute atomic E-state index is 0.491. The monoisotopic (exact) mass is 222 g/mol. The van der Waals surface area contributed by atoms with E-state index in [0.29, 0.717) is 5.78 Å². The molecule has 0 aliphatic heterocycles. The Balaban J connectivity index is 1.99. The maximum atomic E-state index is 11.6. The molecule has 0 saturated heterocycles. The summed E-state index contributed by atoms with van der Waals surface area (Å²) in [5, 5.41) is 0. The second-order valence-electron chi connectivity index (χ2n) is 5.04. The zero-order valence-electron chi connectivity index (χ0n) is 10.7. The molecule has 1 heteroatoms. The van der Waals surface area contributed by atoms with Gasteiger partial charge in [0.05, 0.1) is 0 Å². The zero-order valence-corrected chi connectivity index (χ0v) is 10.7. The number of unbranched alkanes of at least 4 members (excludes halogenated alkanes) is 3. The molecule has 0 radical (unpaired) electrons. The minimum Gasteiger partial charge on any atom is -0.300 e. The first-order valence-electron chi connectivity index (χ1n) is 6.99. The molecule has 0 heterocycles. The lowest BCUT2D eigenvalue weighted by atomic mass is 9.89. The number of carbonyl (C=O) groups excluding carboxylic acids is 1. The predicted molar refractivity (Wildman–Crippen MR) is 69.5 cm³/mol. The highest BCUT2D eigenvalue weighted by Gasteiger charge is 2.11. The van der Waals surface area contributed by atoms with Crippen molar-refractivity contribution in [2.24, 2.45) is 5.92 Å². The number of carbonyl (C=O) groups is 1.